The Morgan fingerprint density at radius 3 is 2.29 bits per heavy atom. The van der Waals surface area contributed by atoms with Gasteiger partial charge in [0.2, 0.25) is 11.8 Å². The fraction of sp³-hybridized carbons (Fsp3) is 0.867. The van der Waals surface area contributed by atoms with Gasteiger partial charge in [0.05, 0.1) is 6.04 Å². The van der Waals surface area contributed by atoms with E-state index in [4.69, 9.17) is 0 Å². The van der Waals surface area contributed by atoms with Crippen LogP contribution in [0.5, 0.6) is 0 Å². The minimum atomic E-state index is -0.0648. The van der Waals surface area contributed by atoms with E-state index in [2.05, 4.69) is 10.2 Å². The van der Waals surface area contributed by atoms with Gasteiger partial charge in [-0.3, -0.25) is 14.5 Å². The molecule has 1 N–H and O–H groups in total. The van der Waals surface area contributed by atoms with Crippen LogP contribution in [0.2, 0.25) is 0 Å². The molecule has 2 unspecified atom stereocenters. The zero-order chi connectivity index (χ0) is 15.4. The molecule has 2 fully saturated rings. The number of likely N-dealkylation sites (tertiary alicyclic amines) is 1. The molecule has 0 aromatic carbocycles. The van der Waals surface area contributed by atoms with E-state index in [0.717, 1.165) is 19.5 Å². The summed E-state index contributed by atoms with van der Waals surface area (Å²) in [4.78, 5) is 30.0. The van der Waals surface area contributed by atoms with Crippen LogP contribution < -0.4 is 5.32 Å². The Balaban J connectivity index is 1.86. The lowest BCUT2D eigenvalue weighted by molar-refractivity contribution is -0.142. The van der Waals surface area contributed by atoms with Crippen LogP contribution in [0.3, 0.4) is 0 Å². The number of amides is 2. The fourth-order valence-electron chi connectivity index (χ4n) is 3.26. The number of carbonyl (C=O) groups excluding carboxylic acids is 2. The number of hydrogen-bond acceptors (Lipinski definition) is 4. The zero-order valence-corrected chi connectivity index (χ0v) is 13.5. The largest absolute Gasteiger partial charge is 0.339 e. The van der Waals surface area contributed by atoms with Crippen molar-refractivity contribution in [1.29, 1.82) is 0 Å². The van der Waals surface area contributed by atoms with Crippen LogP contribution in [0.4, 0.5) is 0 Å². The van der Waals surface area contributed by atoms with Gasteiger partial charge in [-0.25, -0.2) is 0 Å². The van der Waals surface area contributed by atoms with E-state index >= 15 is 0 Å². The highest BCUT2D eigenvalue weighted by atomic mass is 16.2. The van der Waals surface area contributed by atoms with Crippen molar-refractivity contribution in [3.05, 3.63) is 0 Å². The third kappa shape index (κ3) is 3.95. The van der Waals surface area contributed by atoms with Crippen LogP contribution >= 0.6 is 0 Å². The highest BCUT2D eigenvalue weighted by Crippen LogP contribution is 2.15. The van der Waals surface area contributed by atoms with Gasteiger partial charge in [0.1, 0.15) is 0 Å². The number of piperazine rings is 1. The first-order valence-corrected chi connectivity index (χ1v) is 7.98. The van der Waals surface area contributed by atoms with E-state index in [9.17, 15) is 9.59 Å². The second-order valence-corrected chi connectivity index (χ2v) is 6.13. The maximum Gasteiger partial charge on any atom is 0.239 e. The lowest BCUT2D eigenvalue weighted by Gasteiger charge is -2.40. The van der Waals surface area contributed by atoms with Crippen LogP contribution in [0.15, 0.2) is 0 Å². The van der Waals surface area contributed by atoms with Crippen molar-refractivity contribution < 1.29 is 9.59 Å². The molecule has 2 saturated heterocycles. The second kappa shape index (κ2) is 7.22. The van der Waals surface area contributed by atoms with Crippen molar-refractivity contribution in [2.24, 2.45) is 0 Å². The molecular weight excluding hydrogens is 268 g/mol. The molecule has 2 aliphatic heterocycles. The number of nitrogens with zero attached hydrogens (tertiary/aromatic N) is 3. The predicted octanol–water partition coefficient (Wildman–Crippen LogP) is -0.251. The monoisotopic (exact) mass is 296 g/mol. The van der Waals surface area contributed by atoms with E-state index in [0.29, 0.717) is 32.2 Å². The highest BCUT2D eigenvalue weighted by molar-refractivity contribution is 5.82. The average Bonchev–Trinajstić information content (AvgIpc) is 2.53. The fourth-order valence-corrected chi connectivity index (χ4v) is 3.26. The maximum absolute atomic E-state index is 12.6. The number of carbonyl (C=O) groups is 2. The summed E-state index contributed by atoms with van der Waals surface area (Å²) >= 11 is 0. The minimum absolute atomic E-state index is 0.0648. The van der Waals surface area contributed by atoms with Crippen LogP contribution in [-0.4, -0.2) is 84.9 Å². The summed E-state index contributed by atoms with van der Waals surface area (Å²) in [7, 11) is 1.99. The Morgan fingerprint density at radius 2 is 1.71 bits per heavy atom. The standard InChI is InChI=1S/C15H28N4O2/c1-12(19-6-4-5-14(11-19)16-3)15(21)18-9-7-17(8-10-18)13(2)20/h12,14,16H,4-11H2,1-3H3. The summed E-state index contributed by atoms with van der Waals surface area (Å²) in [5.74, 6) is 0.304. The Morgan fingerprint density at radius 1 is 1.10 bits per heavy atom. The third-order valence-corrected chi connectivity index (χ3v) is 4.80. The normalized spacial score (nSPS) is 25.8. The molecule has 0 aromatic heterocycles. The van der Waals surface area contributed by atoms with E-state index in [-0.39, 0.29) is 17.9 Å². The van der Waals surface area contributed by atoms with Crippen molar-refractivity contribution in [2.45, 2.75) is 38.8 Å². The zero-order valence-electron chi connectivity index (χ0n) is 13.5. The molecule has 0 aromatic rings. The second-order valence-electron chi connectivity index (χ2n) is 6.13. The van der Waals surface area contributed by atoms with Crippen LogP contribution in [0.1, 0.15) is 26.7 Å². The molecule has 0 radical (unpaired) electrons. The molecule has 2 aliphatic rings. The quantitative estimate of drug-likeness (QED) is 0.780. The smallest absolute Gasteiger partial charge is 0.239 e. The van der Waals surface area contributed by atoms with Crippen LogP contribution in [-0.2, 0) is 9.59 Å². The molecule has 21 heavy (non-hydrogen) atoms. The van der Waals surface area contributed by atoms with Crippen molar-refractivity contribution >= 4 is 11.8 Å². The van der Waals surface area contributed by atoms with Crippen LogP contribution in [0, 0.1) is 0 Å². The molecule has 120 valence electrons. The lowest BCUT2D eigenvalue weighted by atomic mass is 10.0. The van der Waals surface area contributed by atoms with Crippen molar-refractivity contribution in [2.75, 3.05) is 46.3 Å². The lowest BCUT2D eigenvalue weighted by Crippen LogP contribution is -2.57. The molecule has 2 heterocycles. The van der Waals surface area contributed by atoms with Gasteiger partial charge in [-0.1, -0.05) is 0 Å². The van der Waals surface area contributed by atoms with E-state index < -0.39 is 0 Å². The number of piperidine rings is 1. The van der Waals surface area contributed by atoms with E-state index in [1.54, 1.807) is 6.92 Å². The Bertz CT molecular complexity index is 380. The third-order valence-electron chi connectivity index (χ3n) is 4.80. The van der Waals surface area contributed by atoms with Gasteiger partial charge in [-0.15, -0.1) is 0 Å². The molecule has 6 nitrogen and oxygen atoms in total. The molecule has 2 atom stereocenters. The topological polar surface area (TPSA) is 55.9 Å². The maximum atomic E-state index is 12.6. The molecule has 0 saturated carbocycles. The highest BCUT2D eigenvalue weighted by Gasteiger charge is 2.31. The molecule has 2 rings (SSSR count). The first-order chi connectivity index (χ1) is 10.0. The van der Waals surface area contributed by atoms with Gasteiger partial charge in [-0.05, 0) is 33.4 Å². The van der Waals surface area contributed by atoms with Crippen molar-refractivity contribution in [3.63, 3.8) is 0 Å². The molecule has 0 spiro atoms. The first kappa shape index (κ1) is 16.2. The van der Waals surface area contributed by atoms with Crippen LogP contribution in [0.25, 0.3) is 0 Å². The predicted molar refractivity (Wildman–Crippen MR) is 82.0 cm³/mol. The van der Waals surface area contributed by atoms with Gasteiger partial charge in [0, 0.05) is 45.7 Å². The summed E-state index contributed by atoms with van der Waals surface area (Å²) in [6, 6.07) is 0.425. The van der Waals surface area contributed by atoms with Gasteiger partial charge < -0.3 is 15.1 Å². The number of hydrogen-bond donors (Lipinski definition) is 1. The van der Waals surface area contributed by atoms with Gasteiger partial charge >= 0.3 is 0 Å². The minimum Gasteiger partial charge on any atom is -0.339 e. The summed E-state index contributed by atoms with van der Waals surface area (Å²) in [6.07, 6.45) is 2.33. The summed E-state index contributed by atoms with van der Waals surface area (Å²) in [5.41, 5.74) is 0. The van der Waals surface area contributed by atoms with E-state index in [1.165, 1.54) is 6.42 Å². The molecular formula is C15H28N4O2. The van der Waals surface area contributed by atoms with Crippen molar-refractivity contribution in [1.82, 2.24) is 20.0 Å². The Kier molecular flexibility index (Phi) is 5.58. The van der Waals surface area contributed by atoms with E-state index in [1.807, 2.05) is 23.8 Å². The first-order valence-electron chi connectivity index (χ1n) is 7.98. The number of nitrogens with one attached hydrogen (secondary N) is 1. The number of rotatable bonds is 3. The molecule has 0 aliphatic carbocycles. The summed E-state index contributed by atoms with van der Waals surface area (Å²) in [6.45, 7) is 8.18. The Labute approximate surface area is 127 Å². The number of likely N-dealkylation sites (N-methyl/N-ethyl adjacent to an activating group) is 1. The average molecular weight is 296 g/mol. The molecule has 0 bridgehead atoms. The summed E-state index contributed by atoms with van der Waals surface area (Å²) in [5, 5.41) is 3.31. The SMILES string of the molecule is CNC1CCCN(C(C)C(=O)N2CCN(C(C)=O)CC2)C1. The van der Waals surface area contributed by atoms with Gasteiger partial charge in [0.15, 0.2) is 0 Å². The Hall–Kier alpha value is -1.14. The summed E-state index contributed by atoms with van der Waals surface area (Å²) < 4.78 is 0. The van der Waals surface area contributed by atoms with Crippen molar-refractivity contribution in [3.8, 4) is 0 Å². The molecule has 6 heteroatoms. The molecule has 2 amide bonds. The van der Waals surface area contributed by atoms with Gasteiger partial charge in [0.25, 0.3) is 0 Å². The van der Waals surface area contributed by atoms with Gasteiger partial charge in [-0.2, -0.15) is 0 Å².